The second-order valence-corrected chi connectivity index (χ2v) is 4.22. The highest BCUT2D eigenvalue weighted by molar-refractivity contribution is 5.95. The lowest BCUT2D eigenvalue weighted by molar-refractivity contribution is -0.385. The monoisotopic (exact) mass is 276 g/mol. The Balaban J connectivity index is 2.17. The van der Waals surface area contributed by atoms with Gasteiger partial charge in [0.1, 0.15) is 0 Å². The number of nitro benzene ring substituents is 1. The average Bonchev–Trinajstić information content (AvgIpc) is 2.92. The highest BCUT2D eigenvalue weighted by Gasteiger charge is 2.18. The number of benzene rings is 1. The van der Waals surface area contributed by atoms with Gasteiger partial charge in [-0.2, -0.15) is 5.21 Å². The minimum atomic E-state index is -0.519. The molecule has 2 rings (SSSR count). The van der Waals surface area contributed by atoms with Crippen LogP contribution in [0.15, 0.2) is 18.2 Å². The van der Waals surface area contributed by atoms with Gasteiger partial charge in [-0.1, -0.05) is 11.3 Å². The fourth-order valence-electron chi connectivity index (χ4n) is 1.64. The van der Waals surface area contributed by atoms with Crippen molar-refractivity contribution in [1.29, 1.82) is 0 Å². The molecule has 9 nitrogen and oxygen atoms in total. The van der Waals surface area contributed by atoms with E-state index in [4.69, 9.17) is 0 Å². The maximum atomic E-state index is 12.0. The third kappa shape index (κ3) is 2.76. The summed E-state index contributed by atoms with van der Waals surface area (Å²) in [5.41, 5.74) is 0.611. The highest BCUT2D eigenvalue weighted by Crippen LogP contribution is 2.19. The number of aromatic nitrogens is 4. The normalized spacial score (nSPS) is 11.9. The number of carbonyl (C=O) groups is 1. The van der Waals surface area contributed by atoms with Crippen LogP contribution in [0.5, 0.6) is 0 Å². The van der Waals surface area contributed by atoms with E-state index < -0.39 is 16.9 Å². The second kappa shape index (κ2) is 5.43. The Morgan fingerprint density at radius 2 is 2.25 bits per heavy atom. The molecule has 0 bridgehead atoms. The van der Waals surface area contributed by atoms with Gasteiger partial charge >= 0.3 is 0 Å². The van der Waals surface area contributed by atoms with Gasteiger partial charge in [0.25, 0.3) is 11.6 Å². The van der Waals surface area contributed by atoms with E-state index in [9.17, 15) is 14.9 Å². The molecule has 20 heavy (non-hydrogen) atoms. The highest BCUT2D eigenvalue weighted by atomic mass is 16.6. The smallest absolute Gasteiger partial charge is 0.273 e. The summed E-state index contributed by atoms with van der Waals surface area (Å²) in [6.45, 7) is 3.30. The summed E-state index contributed by atoms with van der Waals surface area (Å²) in [6.07, 6.45) is 0. The molecule has 1 heterocycles. The number of carbonyl (C=O) groups excluding carboxylic acids is 1. The van der Waals surface area contributed by atoms with Crippen LogP contribution in [0.3, 0.4) is 0 Å². The first-order valence-electron chi connectivity index (χ1n) is 5.78. The SMILES string of the molecule is Cc1ccc(C(=O)NC(C)c2nn[nH]n2)cc1[N+](=O)[O-]. The van der Waals surface area contributed by atoms with Crippen molar-refractivity contribution in [1.82, 2.24) is 25.9 Å². The topological polar surface area (TPSA) is 127 Å². The zero-order valence-corrected chi connectivity index (χ0v) is 10.8. The molecule has 0 fully saturated rings. The Bertz CT molecular complexity index is 640. The largest absolute Gasteiger partial charge is 0.342 e. The number of H-pyrrole nitrogens is 1. The first-order chi connectivity index (χ1) is 9.49. The molecule has 0 aliphatic heterocycles. The van der Waals surface area contributed by atoms with E-state index in [2.05, 4.69) is 25.9 Å². The van der Waals surface area contributed by atoms with Crippen molar-refractivity contribution in [2.24, 2.45) is 0 Å². The standard InChI is InChI=1S/C11H12N6O3/c1-6-3-4-8(5-9(6)17(19)20)11(18)12-7(2)10-13-15-16-14-10/h3-5,7H,1-2H3,(H,12,18)(H,13,14,15,16). The fourth-order valence-corrected chi connectivity index (χ4v) is 1.64. The molecule has 1 amide bonds. The minimum absolute atomic E-state index is 0.0927. The molecular weight excluding hydrogens is 264 g/mol. The molecule has 1 unspecified atom stereocenters. The van der Waals surface area contributed by atoms with Crippen LogP contribution < -0.4 is 5.32 Å². The molecule has 1 atom stereocenters. The molecule has 2 N–H and O–H groups in total. The summed E-state index contributed by atoms with van der Waals surface area (Å²) in [5.74, 6) is -0.106. The van der Waals surface area contributed by atoms with E-state index >= 15 is 0 Å². The number of rotatable bonds is 4. The number of hydrogen-bond donors (Lipinski definition) is 2. The molecule has 2 aromatic rings. The summed E-state index contributed by atoms with van der Waals surface area (Å²) >= 11 is 0. The van der Waals surface area contributed by atoms with Crippen LogP contribution in [0, 0.1) is 17.0 Å². The lowest BCUT2D eigenvalue weighted by Crippen LogP contribution is -2.27. The number of nitro groups is 1. The van der Waals surface area contributed by atoms with Crippen molar-refractivity contribution in [2.45, 2.75) is 19.9 Å². The van der Waals surface area contributed by atoms with E-state index in [1.54, 1.807) is 13.8 Å². The maximum absolute atomic E-state index is 12.0. The Morgan fingerprint density at radius 1 is 1.50 bits per heavy atom. The molecule has 1 aromatic heterocycles. The van der Waals surface area contributed by atoms with Gasteiger partial charge in [0.15, 0.2) is 5.82 Å². The number of hydrogen-bond acceptors (Lipinski definition) is 6. The molecule has 104 valence electrons. The van der Waals surface area contributed by atoms with Crippen molar-refractivity contribution in [3.63, 3.8) is 0 Å². The number of amides is 1. The van der Waals surface area contributed by atoms with Crippen molar-refractivity contribution in [3.05, 3.63) is 45.3 Å². The lowest BCUT2D eigenvalue weighted by atomic mass is 10.1. The van der Waals surface area contributed by atoms with E-state index in [1.165, 1.54) is 18.2 Å². The van der Waals surface area contributed by atoms with Crippen LogP contribution in [0.25, 0.3) is 0 Å². The Hall–Kier alpha value is -2.84. The van der Waals surface area contributed by atoms with Crippen molar-refractivity contribution >= 4 is 11.6 Å². The summed E-state index contributed by atoms with van der Waals surface area (Å²) < 4.78 is 0. The van der Waals surface area contributed by atoms with Crippen LogP contribution in [-0.2, 0) is 0 Å². The van der Waals surface area contributed by atoms with E-state index in [0.717, 1.165) is 0 Å². The number of nitrogens with zero attached hydrogens (tertiary/aromatic N) is 4. The van der Waals surface area contributed by atoms with Gasteiger partial charge in [0.05, 0.1) is 11.0 Å². The molecule has 9 heteroatoms. The van der Waals surface area contributed by atoms with Crippen molar-refractivity contribution in [3.8, 4) is 0 Å². The van der Waals surface area contributed by atoms with E-state index in [-0.39, 0.29) is 11.3 Å². The molecule has 0 saturated heterocycles. The third-order valence-electron chi connectivity index (χ3n) is 2.76. The van der Waals surface area contributed by atoms with Gasteiger partial charge in [-0.15, -0.1) is 10.2 Å². The zero-order chi connectivity index (χ0) is 14.7. The number of aromatic amines is 1. The average molecular weight is 276 g/mol. The quantitative estimate of drug-likeness (QED) is 0.631. The molecule has 0 aliphatic rings. The first kappa shape index (κ1) is 13.6. The predicted molar refractivity (Wildman–Crippen MR) is 67.9 cm³/mol. The first-order valence-corrected chi connectivity index (χ1v) is 5.78. The zero-order valence-electron chi connectivity index (χ0n) is 10.8. The van der Waals surface area contributed by atoms with Gasteiger partial charge in [0.2, 0.25) is 0 Å². The van der Waals surface area contributed by atoms with Gasteiger partial charge in [-0.05, 0) is 19.9 Å². The molecule has 0 spiro atoms. The molecule has 0 saturated carbocycles. The van der Waals surface area contributed by atoms with E-state index in [0.29, 0.717) is 11.4 Å². The van der Waals surface area contributed by atoms with Crippen LogP contribution >= 0.6 is 0 Å². The van der Waals surface area contributed by atoms with Crippen molar-refractivity contribution < 1.29 is 9.72 Å². The number of tetrazole rings is 1. The predicted octanol–water partition coefficient (Wildman–Crippen LogP) is 0.907. The van der Waals surface area contributed by atoms with Crippen LogP contribution in [-0.4, -0.2) is 31.5 Å². The van der Waals surface area contributed by atoms with Gasteiger partial charge in [-0.25, -0.2) is 0 Å². The van der Waals surface area contributed by atoms with E-state index in [1.807, 2.05) is 0 Å². The second-order valence-electron chi connectivity index (χ2n) is 4.22. The lowest BCUT2D eigenvalue weighted by Gasteiger charge is -2.10. The van der Waals surface area contributed by atoms with Crippen LogP contribution in [0.1, 0.15) is 34.7 Å². The Labute approximate surface area is 113 Å². The molecular formula is C11H12N6O3. The van der Waals surface area contributed by atoms with Gasteiger partial charge in [0, 0.05) is 17.2 Å². The molecule has 0 aliphatic carbocycles. The summed E-state index contributed by atoms with van der Waals surface area (Å²) in [5, 5.41) is 26.7. The summed E-state index contributed by atoms with van der Waals surface area (Å²) in [4.78, 5) is 22.3. The fraction of sp³-hybridized carbons (Fsp3) is 0.273. The molecule has 0 radical (unpaired) electrons. The maximum Gasteiger partial charge on any atom is 0.273 e. The Morgan fingerprint density at radius 3 is 2.85 bits per heavy atom. The minimum Gasteiger partial charge on any atom is -0.342 e. The van der Waals surface area contributed by atoms with Crippen LogP contribution in [0.2, 0.25) is 0 Å². The number of aryl methyl sites for hydroxylation is 1. The Kier molecular flexibility index (Phi) is 3.69. The summed E-state index contributed by atoms with van der Waals surface area (Å²) in [6, 6.07) is 3.85. The molecule has 1 aromatic carbocycles. The summed E-state index contributed by atoms with van der Waals surface area (Å²) in [7, 11) is 0. The van der Waals surface area contributed by atoms with Gasteiger partial charge in [-0.3, -0.25) is 14.9 Å². The van der Waals surface area contributed by atoms with Gasteiger partial charge < -0.3 is 5.32 Å². The third-order valence-corrected chi connectivity index (χ3v) is 2.76. The number of nitrogens with one attached hydrogen (secondary N) is 2. The van der Waals surface area contributed by atoms with Crippen molar-refractivity contribution in [2.75, 3.05) is 0 Å². The van der Waals surface area contributed by atoms with Crippen LogP contribution in [0.4, 0.5) is 5.69 Å².